The Morgan fingerprint density at radius 1 is 1.00 bits per heavy atom. The van der Waals surface area contributed by atoms with Crippen molar-refractivity contribution in [3.63, 3.8) is 0 Å². The lowest BCUT2D eigenvalue weighted by Crippen LogP contribution is -2.22. The Bertz CT molecular complexity index is 596. The molecule has 0 aliphatic rings. The molecular formula is C17H19NO3. The van der Waals surface area contributed by atoms with Crippen molar-refractivity contribution in [3.8, 4) is 11.5 Å². The zero-order valence-electron chi connectivity index (χ0n) is 12.4. The number of carbonyl (C=O) groups is 1. The molecule has 21 heavy (non-hydrogen) atoms. The third-order valence-electron chi connectivity index (χ3n) is 2.96. The van der Waals surface area contributed by atoms with Crippen molar-refractivity contribution >= 4 is 5.97 Å². The second-order valence-corrected chi connectivity index (χ2v) is 4.93. The van der Waals surface area contributed by atoms with E-state index in [0.717, 1.165) is 11.3 Å². The number of hydrogen-bond donors (Lipinski definition) is 0. The highest BCUT2D eigenvalue weighted by Crippen LogP contribution is 2.25. The molecule has 0 saturated heterocycles. The molecule has 0 saturated carbocycles. The second kappa shape index (κ2) is 6.90. The van der Waals surface area contributed by atoms with Gasteiger partial charge in [0.15, 0.2) is 0 Å². The zero-order chi connectivity index (χ0) is 15.2. The fraction of sp³-hybridized carbons (Fsp3) is 0.235. The predicted molar refractivity (Wildman–Crippen MR) is 81.2 cm³/mol. The van der Waals surface area contributed by atoms with Gasteiger partial charge >= 0.3 is 5.97 Å². The molecule has 110 valence electrons. The Labute approximate surface area is 124 Å². The summed E-state index contributed by atoms with van der Waals surface area (Å²) in [6, 6.07) is 17.0. The molecule has 0 bridgehead atoms. The van der Waals surface area contributed by atoms with E-state index in [4.69, 9.17) is 9.57 Å². The van der Waals surface area contributed by atoms with E-state index in [-0.39, 0.29) is 11.9 Å². The maximum atomic E-state index is 11.9. The van der Waals surface area contributed by atoms with E-state index in [1.54, 1.807) is 14.1 Å². The molecule has 0 aromatic heterocycles. The number of benzene rings is 2. The highest BCUT2D eigenvalue weighted by molar-refractivity contribution is 5.77. The van der Waals surface area contributed by atoms with Crippen molar-refractivity contribution < 1.29 is 14.4 Å². The smallest absolute Gasteiger partial charge is 0.332 e. The van der Waals surface area contributed by atoms with Crippen LogP contribution in [-0.2, 0) is 9.63 Å². The number of nitrogens with zero attached hydrogens (tertiary/aromatic N) is 1. The molecule has 0 radical (unpaired) electrons. The topological polar surface area (TPSA) is 38.8 Å². The van der Waals surface area contributed by atoms with Crippen LogP contribution in [0.2, 0.25) is 0 Å². The number of hydroxylamine groups is 2. The highest BCUT2D eigenvalue weighted by atomic mass is 16.7. The number of carbonyl (C=O) groups excluding carboxylic acids is 1. The quantitative estimate of drug-likeness (QED) is 0.787. The summed E-state index contributed by atoms with van der Waals surface area (Å²) in [6.07, 6.45) is 0. The van der Waals surface area contributed by atoms with E-state index in [1.165, 1.54) is 5.06 Å². The summed E-state index contributed by atoms with van der Waals surface area (Å²) in [5, 5.41) is 1.39. The minimum Gasteiger partial charge on any atom is -0.457 e. The fourth-order valence-corrected chi connectivity index (χ4v) is 1.87. The van der Waals surface area contributed by atoms with Gasteiger partial charge in [0.05, 0.1) is 5.92 Å². The number of para-hydroxylation sites is 1. The van der Waals surface area contributed by atoms with Crippen LogP contribution < -0.4 is 4.74 Å². The summed E-state index contributed by atoms with van der Waals surface area (Å²) < 4.78 is 5.77. The lowest BCUT2D eigenvalue weighted by Gasteiger charge is -2.15. The maximum absolute atomic E-state index is 11.9. The van der Waals surface area contributed by atoms with Crippen LogP contribution in [-0.4, -0.2) is 25.1 Å². The van der Waals surface area contributed by atoms with Gasteiger partial charge < -0.3 is 9.57 Å². The van der Waals surface area contributed by atoms with Gasteiger partial charge in [-0.3, -0.25) is 0 Å². The molecule has 2 aromatic rings. The second-order valence-electron chi connectivity index (χ2n) is 4.93. The molecule has 2 rings (SSSR count). The summed E-state index contributed by atoms with van der Waals surface area (Å²) in [4.78, 5) is 17.0. The monoisotopic (exact) mass is 285 g/mol. The van der Waals surface area contributed by atoms with Crippen LogP contribution in [0.25, 0.3) is 0 Å². The third kappa shape index (κ3) is 4.33. The molecule has 0 N–H and O–H groups in total. The van der Waals surface area contributed by atoms with E-state index >= 15 is 0 Å². The van der Waals surface area contributed by atoms with Crippen molar-refractivity contribution in [2.45, 2.75) is 12.8 Å². The van der Waals surface area contributed by atoms with Crippen LogP contribution in [0, 0.1) is 0 Å². The highest BCUT2D eigenvalue weighted by Gasteiger charge is 2.18. The van der Waals surface area contributed by atoms with E-state index in [0.29, 0.717) is 5.75 Å². The normalized spacial score (nSPS) is 12.0. The summed E-state index contributed by atoms with van der Waals surface area (Å²) in [6.45, 7) is 1.81. The molecule has 0 aliphatic carbocycles. The van der Waals surface area contributed by atoms with Crippen LogP contribution in [0.4, 0.5) is 0 Å². The molecular weight excluding hydrogens is 266 g/mol. The summed E-state index contributed by atoms with van der Waals surface area (Å²) >= 11 is 0. The average molecular weight is 285 g/mol. The molecule has 0 aliphatic heterocycles. The predicted octanol–water partition coefficient (Wildman–Crippen LogP) is 3.60. The average Bonchev–Trinajstić information content (AvgIpc) is 2.47. The molecule has 4 nitrogen and oxygen atoms in total. The number of ether oxygens (including phenoxy) is 1. The molecule has 0 fully saturated rings. The Morgan fingerprint density at radius 2 is 1.67 bits per heavy atom. The Balaban J connectivity index is 2.12. The van der Waals surface area contributed by atoms with Crippen molar-refractivity contribution in [3.05, 3.63) is 60.2 Å². The standard InChI is InChI=1S/C17H19NO3/c1-13(17(19)21-18(2)3)14-8-7-11-16(12-14)20-15-9-5-4-6-10-15/h4-13H,1-3H3. The van der Waals surface area contributed by atoms with Gasteiger partial charge in [0.2, 0.25) is 0 Å². The Hall–Kier alpha value is -2.33. The first kappa shape index (κ1) is 15.1. The van der Waals surface area contributed by atoms with Crippen LogP contribution in [0.5, 0.6) is 11.5 Å². The fourth-order valence-electron chi connectivity index (χ4n) is 1.87. The molecule has 1 unspecified atom stereocenters. The molecule has 0 spiro atoms. The van der Waals surface area contributed by atoms with Crippen LogP contribution in [0.15, 0.2) is 54.6 Å². The number of rotatable bonds is 5. The zero-order valence-corrected chi connectivity index (χ0v) is 12.4. The van der Waals surface area contributed by atoms with Crippen molar-refractivity contribution in [1.29, 1.82) is 0 Å². The first-order chi connectivity index (χ1) is 10.1. The van der Waals surface area contributed by atoms with Crippen LogP contribution in [0.1, 0.15) is 18.4 Å². The molecule has 4 heteroatoms. The summed E-state index contributed by atoms with van der Waals surface area (Å²) in [5.74, 6) is 0.810. The van der Waals surface area contributed by atoms with Gasteiger partial charge in [-0.15, -0.1) is 5.06 Å². The maximum Gasteiger partial charge on any atom is 0.332 e. The largest absolute Gasteiger partial charge is 0.457 e. The van der Waals surface area contributed by atoms with Gasteiger partial charge in [-0.05, 0) is 36.8 Å². The first-order valence-electron chi connectivity index (χ1n) is 6.78. The minimum atomic E-state index is -0.355. The van der Waals surface area contributed by atoms with Crippen LogP contribution >= 0.6 is 0 Å². The van der Waals surface area contributed by atoms with Crippen LogP contribution in [0.3, 0.4) is 0 Å². The summed E-state index contributed by atoms with van der Waals surface area (Å²) in [5.41, 5.74) is 0.857. The van der Waals surface area contributed by atoms with Gasteiger partial charge in [-0.1, -0.05) is 30.3 Å². The van der Waals surface area contributed by atoms with Gasteiger partial charge in [0, 0.05) is 14.1 Å². The van der Waals surface area contributed by atoms with Crippen molar-refractivity contribution in [2.75, 3.05) is 14.1 Å². The van der Waals surface area contributed by atoms with E-state index < -0.39 is 0 Å². The minimum absolute atomic E-state index is 0.295. The lowest BCUT2D eigenvalue weighted by atomic mass is 10.0. The summed E-state index contributed by atoms with van der Waals surface area (Å²) in [7, 11) is 3.36. The SMILES string of the molecule is CC(C(=O)ON(C)C)c1cccc(Oc2ccccc2)c1. The van der Waals surface area contributed by atoms with E-state index in [9.17, 15) is 4.79 Å². The Morgan fingerprint density at radius 3 is 2.33 bits per heavy atom. The van der Waals surface area contributed by atoms with Crippen molar-refractivity contribution in [1.82, 2.24) is 5.06 Å². The van der Waals surface area contributed by atoms with Gasteiger partial charge in [0.1, 0.15) is 11.5 Å². The molecule has 0 amide bonds. The first-order valence-corrected chi connectivity index (χ1v) is 6.78. The van der Waals surface area contributed by atoms with Gasteiger partial charge in [-0.25, -0.2) is 4.79 Å². The molecule has 0 heterocycles. The third-order valence-corrected chi connectivity index (χ3v) is 2.96. The van der Waals surface area contributed by atoms with E-state index in [2.05, 4.69) is 0 Å². The van der Waals surface area contributed by atoms with Crippen molar-refractivity contribution in [2.24, 2.45) is 0 Å². The van der Waals surface area contributed by atoms with Gasteiger partial charge in [0.25, 0.3) is 0 Å². The van der Waals surface area contributed by atoms with E-state index in [1.807, 2.05) is 61.5 Å². The lowest BCUT2D eigenvalue weighted by molar-refractivity contribution is -0.179. The molecule has 2 aromatic carbocycles. The molecule has 1 atom stereocenters. The Kier molecular flexibility index (Phi) is 4.95. The number of hydrogen-bond acceptors (Lipinski definition) is 4. The van der Waals surface area contributed by atoms with Gasteiger partial charge in [-0.2, -0.15) is 0 Å².